The summed E-state index contributed by atoms with van der Waals surface area (Å²) in [6, 6.07) is 42.6. The molecular formula is C31H21N3. The van der Waals surface area contributed by atoms with Gasteiger partial charge in [0.15, 0.2) is 0 Å². The van der Waals surface area contributed by atoms with Gasteiger partial charge in [0, 0.05) is 33.6 Å². The summed E-state index contributed by atoms with van der Waals surface area (Å²) in [5.74, 6) is 0. The zero-order valence-corrected chi connectivity index (χ0v) is 18.5. The maximum Gasteiger partial charge on any atom is 0.131 e. The van der Waals surface area contributed by atoms with Crippen LogP contribution in [-0.2, 0) is 0 Å². The highest BCUT2D eigenvalue weighted by atomic mass is 15.1. The third-order valence-electron chi connectivity index (χ3n) is 6.56. The Bertz CT molecular complexity index is 1790. The average Bonchev–Trinajstić information content (AvgIpc) is 3.42. The molecule has 0 radical (unpaired) electrons. The number of fused-ring (bicyclic) bond motifs is 5. The van der Waals surface area contributed by atoms with Crippen molar-refractivity contribution in [3.63, 3.8) is 0 Å². The molecule has 0 bridgehead atoms. The summed E-state index contributed by atoms with van der Waals surface area (Å²) in [6.45, 7) is 0. The Morgan fingerprint density at radius 1 is 0.500 bits per heavy atom. The van der Waals surface area contributed by atoms with Gasteiger partial charge in [0.05, 0.1) is 22.4 Å². The van der Waals surface area contributed by atoms with Crippen LogP contribution in [0.15, 0.2) is 128 Å². The second-order valence-electron chi connectivity index (χ2n) is 8.48. The Balaban J connectivity index is 1.72. The minimum absolute atomic E-state index is 0.968. The fourth-order valence-electron chi connectivity index (χ4n) is 5.18. The van der Waals surface area contributed by atoms with Crippen molar-refractivity contribution in [1.82, 2.24) is 14.1 Å². The van der Waals surface area contributed by atoms with Crippen molar-refractivity contribution in [2.75, 3.05) is 0 Å². The molecule has 160 valence electrons. The molecule has 7 aromatic rings. The van der Waals surface area contributed by atoms with E-state index in [1.165, 1.54) is 27.2 Å². The van der Waals surface area contributed by atoms with Gasteiger partial charge in [-0.15, -0.1) is 0 Å². The molecule has 3 heteroatoms. The van der Waals surface area contributed by atoms with Crippen molar-refractivity contribution >= 4 is 32.8 Å². The summed E-state index contributed by atoms with van der Waals surface area (Å²) >= 11 is 0. The zero-order chi connectivity index (χ0) is 22.5. The van der Waals surface area contributed by atoms with Crippen LogP contribution in [0.4, 0.5) is 0 Å². The van der Waals surface area contributed by atoms with Gasteiger partial charge in [0.2, 0.25) is 0 Å². The third-order valence-corrected chi connectivity index (χ3v) is 6.56. The minimum atomic E-state index is 0.968. The number of hydrogen-bond acceptors (Lipinski definition) is 1. The van der Waals surface area contributed by atoms with Gasteiger partial charge in [-0.3, -0.25) is 14.1 Å². The monoisotopic (exact) mass is 435 g/mol. The third kappa shape index (κ3) is 2.67. The minimum Gasteiger partial charge on any atom is -0.295 e. The molecule has 0 aliphatic rings. The van der Waals surface area contributed by atoms with E-state index < -0.39 is 0 Å². The van der Waals surface area contributed by atoms with Crippen LogP contribution >= 0.6 is 0 Å². The molecule has 0 amide bonds. The first-order valence-corrected chi connectivity index (χ1v) is 11.5. The summed E-state index contributed by atoms with van der Waals surface area (Å²) in [6.07, 6.45) is 1.88. The van der Waals surface area contributed by atoms with Crippen LogP contribution in [-0.4, -0.2) is 14.1 Å². The summed E-state index contributed by atoms with van der Waals surface area (Å²) in [5, 5.41) is 3.76. The molecule has 0 spiro atoms. The lowest BCUT2D eigenvalue weighted by molar-refractivity contribution is 1.06. The Hall–Kier alpha value is -4.63. The lowest BCUT2D eigenvalue weighted by atomic mass is 10.1. The van der Waals surface area contributed by atoms with Gasteiger partial charge in [-0.05, 0) is 36.4 Å². The molecule has 34 heavy (non-hydrogen) atoms. The molecule has 0 atom stereocenters. The maximum atomic E-state index is 4.84. The van der Waals surface area contributed by atoms with E-state index in [2.05, 4.69) is 118 Å². The SMILES string of the molecule is c1ccc(-c2ncccc2-n2c3ccccc3c3c4ccccc4n(-c4ccccc4)c32)cc1. The molecule has 7 rings (SSSR count). The molecular weight excluding hydrogens is 414 g/mol. The van der Waals surface area contributed by atoms with Crippen LogP contribution in [0.2, 0.25) is 0 Å². The Morgan fingerprint density at radius 3 is 1.79 bits per heavy atom. The van der Waals surface area contributed by atoms with Crippen molar-refractivity contribution in [3.05, 3.63) is 128 Å². The van der Waals surface area contributed by atoms with Crippen LogP contribution in [0.5, 0.6) is 0 Å². The first-order valence-electron chi connectivity index (χ1n) is 11.5. The van der Waals surface area contributed by atoms with E-state index in [1.54, 1.807) is 0 Å². The van der Waals surface area contributed by atoms with Gasteiger partial charge in [0.1, 0.15) is 5.65 Å². The number of benzene rings is 4. The van der Waals surface area contributed by atoms with Gasteiger partial charge in [-0.25, -0.2) is 0 Å². The van der Waals surface area contributed by atoms with Gasteiger partial charge in [-0.2, -0.15) is 0 Å². The van der Waals surface area contributed by atoms with E-state index in [9.17, 15) is 0 Å². The highest BCUT2D eigenvalue weighted by Gasteiger charge is 2.23. The number of para-hydroxylation sites is 3. The van der Waals surface area contributed by atoms with Crippen molar-refractivity contribution in [2.24, 2.45) is 0 Å². The summed E-state index contributed by atoms with van der Waals surface area (Å²) in [4.78, 5) is 4.84. The van der Waals surface area contributed by atoms with E-state index in [0.717, 1.165) is 28.3 Å². The molecule has 4 aromatic carbocycles. The number of pyridine rings is 1. The van der Waals surface area contributed by atoms with E-state index in [4.69, 9.17) is 4.98 Å². The van der Waals surface area contributed by atoms with E-state index >= 15 is 0 Å². The highest BCUT2D eigenvalue weighted by molar-refractivity contribution is 6.22. The molecule has 0 N–H and O–H groups in total. The van der Waals surface area contributed by atoms with Crippen LogP contribution in [0.1, 0.15) is 0 Å². The lowest BCUT2D eigenvalue weighted by Gasteiger charge is -2.15. The number of hydrogen-bond donors (Lipinski definition) is 0. The van der Waals surface area contributed by atoms with Crippen LogP contribution < -0.4 is 0 Å². The number of rotatable bonds is 3. The van der Waals surface area contributed by atoms with Gasteiger partial charge >= 0.3 is 0 Å². The second-order valence-corrected chi connectivity index (χ2v) is 8.48. The second kappa shape index (κ2) is 7.46. The van der Waals surface area contributed by atoms with Gasteiger partial charge < -0.3 is 0 Å². The predicted octanol–water partition coefficient (Wildman–Crippen LogP) is 7.79. The zero-order valence-electron chi connectivity index (χ0n) is 18.5. The lowest BCUT2D eigenvalue weighted by Crippen LogP contribution is -2.03. The topological polar surface area (TPSA) is 22.8 Å². The van der Waals surface area contributed by atoms with Crippen molar-refractivity contribution in [1.29, 1.82) is 0 Å². The van der Waals surface area contributed by atoms with E-state index in [1.807, 2.05) is 18.3 Å². The average molecular weight is 436 g/mol. The molecule has 0 unspecified atom stereocenters. The van der Waals surface area contributed by atoms with E-state index in [0.29, 0.717) is 0 Å². The first kappa shape index (κ1) is 18.9. The fourth-order valence-corrected chi connectivity index (χ4v) is 5.18. The van der Waals surface area contributed by atoms with Crippen LogP contribution in [0, 0.1) is 0 Å². The normalized spacial score (nSPS) is 11.5. The van der Waals surface area contributed by atoms with E-state index in [-0.39, 0.29) is 0 Å². The number of nitrogens with zero attached hydrogens (tertiary/aromatic N) is 3. The van der Waals surface area contributed by atoms with Crippen LogP contribution in [0.25, 0.3) is 55.5 Å². The molecule has 3 aromatic heterocycles. The van der Waals surface area contributed by atoms with Gasteiger partial charge in [-0.1, -0.05) is 84.9 Å². The highest BCUT2D eigenvalue weighted by Crippen LogP contribution is 2.41. The molecule has 0 saturated heterocycles. The largest absolute Gasteiger partial charge is 0.295 e. The Kier molecular flexibility index (Phi) is 4.15. The summed E-state index contributed by atoms with van der Waals surface area (Å²) < 4.78 is 4.76. The molecule has 0 aliphatic heterocycles. The van der Waals surface area contributed by atoms with Crippen LogP contribution in [0.3, 0.4) is 0 Å². The van der Waals surface area contributed by atoms with Gasteiger partial charge in [0.25, 0.3) is 0 Å². The van der Waals surface area contributed by atoms with Crippen molar-refractivity contribution in [3.8, 4) is 22.6 Å². The molecule has 0 aliphatic carbocycles. The molecule has 0 fully saturated rings. The maximum absolute atomic E-state index is 4.84. The van der Waals surface area contributed by atoms with Crippen molar-refractivity contribution in [2.45, 2.75) is 0 Å². The van der Waals surface area contributed by atoms with Crippen molar-refractivity contribution < 1.29 is 0 Å². The molecule has 3 heterocycles. The quantitative estimate of drug-likeness (QED) is 0.278. The summed E-state index contributed by atoms with van der Waals surface area (Å²) in [5.41, 5.74) is 7.81. The fraction of sp³-hybridized carbons (Fsp3) is 0. The first-order chi connectivity index (χ1) is 16.9. The summed E-state index contributed by atoms with van der Waals surface area (Å²) in [7, 11) is 0. The molecule has 0 saturated carbocycles. The Morgan fingerprint density at radius 2 is 1.09 bits per heavy atom. The predicted molar refractivity (Wildman–Crippen MR) is 141 cm³/mol. The molecule has 3 nitrogen and oxygen atoms in total. The number of aromatic nitrogens is 3. The Labute approximate surface area is 197 Å². The smallest absolute Gasteiger partial charge is 0.131 e. The standard InChI is InChI=1S/C31H21N3/c1-3-12-22(13-4-1)30-28(20-11-21-32-30)34-27-19-10-8-17-25(27)29-24-16-7-9-18-26(24)33(31(29)34)23-14-5-2-6-15-23/h1-21H.